The number of Topliss-reactive ketones (excluding diaryl/α,β-unsaturated/α-hetero) is 2. The Kier molecular flexibility index (Phi) is 6.63. The van der Waals surface area contributed by atoms with E-state index in [1.54, 1.807) is 6.20 Å². The number of ketones is 2. The zero-order chi connectivity index (χ0) is 15.0. The highest BCUT2D eigenvalue weighted by Crippen LogP contribution is 2.14. The fraction of sp³-hybridized carbons (Fsp3) is 0.571. The van der Waals surface area contributed by atoms with E-state index in [-0.39, 0.29) is 24.4 Å². The van der Waals surface area contributed by atoms with Gasteiger partial charge >= 0.3 is 5.97 Å². The summed E-state index contributed by atoms with van der Waals surface area (Å²) in [5.41, 5.74) is 0.710. The molecule has 0 bridgehead atoms. The molecule has 0 aliphatic carbocycles. The van der Waals surface area contributed by atoms with Crippen molar-refractivity contribution >= 4 is 17.5 Å². The summed E-state index contributed by atoms with van der Waals surface area (Å²) in [6.45, 7) is 1.52. The lowest BCUT2D eigenvalue weighted by Gasteiger charge is -2.10. The number of carboxylic acid groups (broad SMARTS) is 1. The number of aromatic amines is 1. The maximum absolute atomic E-state index is 11.8. The van der Waals surface area contributed by atoms with Gasteiger partial charge in [-0.05, 0) is 19.8 Å². The minimum atomic E-state index is -0.975. The van der Waals surface area contributed by atoms with Crippen LogP contribution in [0.3, 0.4) is 0 Å². The Bertz CT molecular complexity index is 454. The molecular weight excluding hydrogens is 260 g/mol. The molecule has 6 heteroatoms. The third-order valence-corrected chi connectivity index (χ3v) is 3.08. The molecule has 0 aromatic carbocycles. The summed E-state index contributed by atoms with van der Waals surface area (Å²) in [6, 6.07) is 0. The highest BCUT2D eigenvalue weighted by atomic mass is 16.4. The highest BCUT2D eigenvalue weighted by Gasteiger charge is 2.21. The predicted octanol–water partition coefficient (Wildman–Crippen LogP) is 1.76. The van der Waals surface area contributed by atoms with Crippen LogP contribution in [0.15, 0.2) is 12.5 Å². The lowest BCUT2D eigenvalue weighted by molar-refractivity contribution is -0.143. The molecule has 1 unspecified atom stereocenters. The first-order valence-corrected chi connectivity index (χ1v) is 6.70. The van der Waals surface area contributed by atoms with Gasteiger partial charge in [0.15, 0.2) is 0 Å². The number of unbranched alkanes of at least 4 members (excludes halogenated alkanes) is 1. The summed E-state index contributed by atoms with van der Waals surface area (Å²) < 4.78 is 0. The first-order chi connectivity index (χ1) is 9.49. The number of aromatic nitrogens is 2. The molecule has 1 rings (SSSR count). The highest BCUT2D eigenvalue weighted by molar-refractivity contribution is 5.84. The average Bonchev–Trinajstić information content (AvgIpc) is 2.86. The van der Waals surface area contributed by atoms with E-state index in [1.807, 2.05) is 0 Å². The standard InChI is InChI=1S/C14H20N2O4/c1-10(17)4-2-3-5-13(18)7-11(14(19)20)6-12-8-15-9-16-12/h8-9,11H,2-7H2,1H3,(H,15,16)(H,19,20). The average molecular weight is 280 g/mol. The zero-order valence-electron chi connectivity index (χ0n) is 11.6. The third kappa shape index (κ3) is 6.26. The van der Waals surface area contributed by atoms with Crippen molar-refractivity contribution in [2.24, 2.45) is 5.92 Å². The van der Waals surface area contributed by atoms with Crippen LogP contribution < -0.4 is 0 Å². The van der Waals surface area contributed by atoms with E-state index in [2.05, 4.69) is 9.97 Å². The van der Waals surface area contributed by atoms with Gasteiger partial charge in [-0.15, -0.1) is 0 Å². The Labute approximate surface area is 117 Å². The number of nitrogens with one attached hydrogen (secondary N) is 1. The van der Waals surface area contributed by atoms with Crippen LogP contribution in [0.4, 0.5) is 0 Å². The van der Waals surface area contributed by atoms with Crippen LogP contribution in [0.25, 0.3) is 0 Å². The van der Waals surface area contributed by atoms with Gasteiger partial charge in [0.1, 0.15) is 11.6 Å². The number of hydrogen-bond donors (Lipinski definition) is 2. The van der Waals surface area contributed by atoms with Crippen molar-refractivity contribution < 1.29 is 19.5 Å². The number of imidazole rings is 1. The van der Waals surface area contributed by atoms with Crippen LogP contribution in [-0.4, -0.2) is 32.6 Å². The number of aliphatic carboxylic acids is 1. The number of carbonyl (C=O) groups is 3. The van der Waals surface area contributed by atoms with E-state index < -0.39 is 11.9 Å². The second-order valence-corrected chi connectivity index (χ2v) is 4.97. The SMILES string of the molecule is CC(=O)CCCCC(=O)CC(Cc1cnc[nH]1)C(=O)O. The van der Waals surface area contributed by atoms with E-state index in [0.29, 0.717) is 31.4 Å². The van der Waals surface area contributed by atoms with Gasteiger partial charge in [0, 0.05) is 37.6 Å². The second kappa shape index (κ2) is 8.24. The van der Waals surface area contributed by atoms with Gasteiger partial charge in [-0.25, -0.2) is 4.98 Å². The molecule has 0 amide bonds. The van der Waals surface area contributed by atoms with Gasteiger partial charge in [-0.2, -0.15) is 0 Å². The van der Waals surface area contributed by atoms with Crippen LogP contribution in [0.1, 0.15) is 44.7 Å². The lowest BCUT2D eigenvalue weighted by Crippen LogP contribution is -2.20. The van der Waals surface area contributed by atoms with Crippen molar-refractivity contribution in [3.05, 3.63) is 18.2 Å². The molecule has 1 atom stereocenters. The Balaban J connectivity index is 2.35. The molecule has 0 aliphatic rings. The summed E-state index contributed by atoms with van der Waals surface area (Å²) in [4.78, 5) is 40.3. The molecule has 20 heavy (non-hydrogen) atoms. The zero-order valence-corrected chi connectivity index (χ0v) is 11.6. The molecule has 1 aromatic heterocycles. The minimum absolute atomic E-state index is 0.0222. The van der Waals surface area contributed by atoms with Crippen molar-refractivity contribution in [1.82, 2.24) is 9.97 Å². The second-order valence-electron chi connectivity index (χ2n) is 4.97. The van der Waals surface area contributed by atoms with Gasteiger partial charge in [-0.3, -0.25) is 9.59 Å². The van der Waals surface area contributed by atoms with Crippen molar-refractivity contribution in [2.45, 2.75) is 45.4 Å². The van der Waals surface area contributed by atoms with Crippen LogP contribution in [-0.2, 0) is 20.8 Å². The molecule has 6 nitrogen and oxygen atoms in total. The van der Waals surface area contributed by atoms with Gasteiger partial charge in [0.25, 0.3) is 0 Å². The van der Waals surface area contributed by atoms with Crippen LogP contribution >= 0.6 is 0 Å². The molecule has 2 N–H and O–H groups in total. The Morgan fingerprint density at radius 3 is 2.55 bits per heavy atom. The molecule has 0 radical (unpaired) electrons. The number of carboxylic acids is 1. The van der Waals surface area contributed by atoms with Crippen molar-refractivity contribution in [3.63, 3.8) is 0 Å². The van der Waals surface area contributed by atoms with E-state index in [9.17, 15) is 14.4 Å². The maximum Gasteiger partial charge on any atom is 0.307 e. The van der Waals surface area contributed by atoms with Crippen LogP contribution in [0.5, 0.6) is 0 Å². The lowest BCUT2D eigenvalue weighted by atomic mass is 9.95. The predicted molar refractivity (Wildman–Crippen MR) is 72.2 cm³/mol. The summed E-state index contributed by atoms with van der Waals surface area (Å²) in [5.74, 6) is -1.66. The molecule has 1 aromatic rings. The van der Waals surface area contributed by atoms with E-state index in [1.165, 1.54) is 13.3 Å². The summed E-state index contributed by atoms with van der Waals surface area (Å²) in [5, 5.41) is 9.13. The summed E-state index contributed by atoms with van der Waals surface area (Å²) in [6.07, 6.45) is 5.46. The van der Waals surface area contributed by atoms with Gasteiger partial charge in [-0.1, -0.05) is 0 Å². The van der Waals surface area contributed by atoms with E-state index in [4.69, 9.17) is 5.11 Å². The van der Waals surface area contributed by atoms with Crippen LogP contribution in [0, 0.1) is 5.92 Å². The number of hydrogen-bond acceptors (Lipinski definition) is 4. The van der Waals surface area contributed by atoms with Crippen molar-refractivity contribution in [1.29, 1.82) is 0 Å². The maximum atomic E-state index is 11.8. The smallest absolute Gasteiger partial charge is 0.307 e. The molecule has 0 saturated carbocycles. The molecule has 0 fully saturated rings. The van der Waals surface area contributed by atoms with E-state index >= 15 is 0 Å². The topological polar surface area (TPSA) is 100 Å². The molecule has 0 spiro atoms. The molecule has 0 aliphatic heterocycles. The summed E-state index contributed by atoms with van der Waals surface area (Å²) in [7, 11) is 0. The minimum Gasteiger partial charge on any atom is -0.481 e. The number of H-pyrrole nitrogens is 1. The number of nitrogens with zero attached hydrogens (tertiary/aromatic N) is 1. The summed E-state index contributed by atoms with van der Waals surface area (Å²) >= 11 is 0. The largest absolute Gasteiger partial charge is 0.481 e. The molecule has 1 heterocycles. The van der Waals surface area contributed by atoms with E-state index in [0.717, 1.165) is 0 Å². The fourth-order valence-corrected chi connectivity index (χ4v) is 1.98. The third-order valence-electron chi connectivity index (χ3n) is 3.08. The van der Waals surface area contributed by atoms with Gasteiger partial charge in [0.05, 0.1) is 12.2 Å². The van der Waals surface area contributed by atoms with Gasteiger partial charge < -0.3 is 14.9 Å². The normalized spacial score (nSPS) is 12.1. The fourth-order valence-electron chi connectivity index (χ4n) is 1.98. The Morgan fingerprint density at radius 2 is 2.00 bits per heavy atom. The quantitative estimate of drug-likeness (QED) is 0.636. The first-order valence-electron chi connectivity index (χ1n) is 6.70. The van der Waals surface area contributed by atoms with Crippen LogP contribution in [0.2, 0.25) is 0 Å². The number of rotatable bonds is 10. The number of carbonyl (C=O) groups excluding carboxylic acids is 2. The van der Waals surface area contributed by atoms with Crippen molar-refractivity contribution in [2.75, 3.05) is 0 Å². The Hall–Kier alpha value is -1.98. The Morgan fingerprint density at radius 1 is 1.30 bits per heavy atom. The molecular formula is C14H20N2O4. The molecule has 110 valence electrons. The van der Waals surface area contributed by atoms with Gasteiger partial charge in [0.2, 0.25) is 0 Å². The van der Waals surface area contributed by atoms with Crippen molar-refractivity contribution in [3.8, 4) is 0 Å². The molecule has 0 saturated heterocycles. The monoisotopic (exact) mass is 280 g/mol. The first kappa shape index (κ1) is 16.1.